The van der Waals surface area contributed by atoms with Crippen LogP contribution in [0.3, 0.4) is 0 Å². The van der Waals surface area contributed by atoms with Crippen LogP contribution in [0.2, 0.25) is 0 Å². The summed E-state index contributed by atoms with van der Waals surface area (Å²) in [7, 11) is 0. The van der Waals surface area contributed by atoms with E-state index in [1.807, 2.05) is 13.0 Å². The van der Waals surface area contributed by atoms with Gasteiger partial charge >= 0.3 is 5.97 Å². The molecular weight excluding hydrogens is 234 g/mol. The molecule has 0 amide bonds. The quantitative estimate of drug-likeness (QED) is 0.770. The van der Waals surface area contributed by atoms with Crippen LogP contribution in [0.1, 0.15) is 18.9 Å². The lowest BCUT2D eigenvalue weighted by molar-refractivity contribution is -0.139. The van der Waals surface area contributed by atoms with Crippen LogP contribution in [0.5, 0.6) is 11.5 Å². The zero-order valence-corrected chi connectivity index (χ0v) is 10.3. The molecule has 1 aromatic carbocycles. The molecule has 1 heterocycles. The van der Waals surface area contributed by atoms with Crippen LogP contribution in [0, 0.1) is 0 Å². The number of carbonyl (C=O) groups is 1. The highest BCUT2D eigenvalue weighted by atomic mass is 16.5. The van der Waals surface area contributed by atoms with Crippen molar-refractivity contribution in [3.63, 3.8) is 0 Å². The number of rotatable bonds is 5. The Bertz CT molecular complexity index is 433. The minimum Gasteiger partial charge on any atom is -0.504 e. The Morgan fingerprint density at radius 3 is 3.06 bits per heavy atom. The van der Waals surface area contributed by atoms with Crippen LogP contribution in [-0.2, 0) is 16.1 Å². The largest absolute Gasteiger partial charge is 0.504 e. The van der Waals surface area contributed by atoms with E-state index in [9.17, 15) is 9.90 Å². The molecule has 0 saturated carbocycles. The Morgan fingerprint density at radius 2 is 2.39 bits per heavy atom. The fourth-order valence-corrected chi connectivity index (χ4v) is 1.90. The number of aromatic hydroxyl groups is 1. The molecule has 0 spiro atoms. The molecule has 5 nitrogen and oxygen atoms in total. The van der Waals surface area contributed by atoms with Gasteiger partial charge in [-0.25, -0.2) is 0 Å². The number of para-hydroxylation sites is 1. The lowest BCUT2D eigenvalue weighted by Gasteiger charge is -2.12. The molecule has 5 heteroatoms. The third kappa shape index (κ3) is 2.73. The summed E-state index contributed by atoms with van der Waals surface area (Å²) >= 11 is 0. The second kappa shape index (κ2) is 5.73. The van der Waals surface area contributed by atoms with Crippen molar-refractivity contribution in [1.82, 2.24) is 5.32 Å². The molecule has 0 aromatic heterocycles. The molecule has 1 saturated heterocycles. The highest BCUT2D eigenvalue weighted by Gasteiger charge is 2.25. The van der Waals surface area contributed by atoms with Crippen LogP contribution >= 0.6 is 0 Å². The van der Waals surface area contributed by atoms with Crippen molar-refractivity contribution in [3.05, 3.63) is 23.8 Å². The van der Waals surface area contributed by atoms with Gasteiger partial charge in [-0.15, -0.1) is 0 Å². The number of esters is 1. The minimum atomic E-state index is -0.278. The summed E-state index contributed by atoms with van der Waals surface area (Å²) in [6.07, 6.45) is 0.671. The first kappa shape index (κ1) is 12.7. The van der Waals surface area contributed by atoms with Gasteiger partial charge in [0.1, 0.15) is 6.04 Å². The highest BCUT2D eigenvalue weighted by Crippen LogP contribution is 2.29. The smallest absolute Gasteiger partial charge is 0.323 e. The second-order valence-electron chi connectivity index (χ2n) is 4.09. The monoisotopic (exact) mass is 251 g/mol. The predicted molar refractivity (Wildman–Crippen MR) is 65.5 cm³/mol. The average Bonchev–Trinajstić information content (AvgIpc) is 2.76. The topological polar surface area (TPSA) is 67.8 Å². The van der Waals surface area contributed by atoms with Gasteiger partial charge in [-0.2, -0.15) is 0 Å². The van der Waals surface area contributed by atoms with Crippen molar-refractivity contribution < 1.29 is 19.4 Å². The van der Waals surface area contributed by atoms with E-state index < -0.39 is 0 Å². The Labute approximate surface area is 106 Å². The van der Waals surface area contributed by atoms with Gasteiger partial charge in [-0.1, -0.05) is 12.1 Å². The second-order valence-corrected chi connectivity index (χ2v) is 4.09. The third-order valence-corrected chi connectivity index (χ3v) is 2.86. The molecular formula is C13H17NO4. The van der Waals surface area contributed by atoms with Gasteiger partial charge in [-0.05, 0) is 13.0 Å². The molecule has 1 aliphatic rings. The zero-order chi connectivity index (χ0) is 13.0. The number of hydrogen-bond donors (Lipinski definition) is 2. The Hall–Kier alpha value is -1.75. The maximum Gasteiger partial charge on any atom is 0.323 e. The van der Waals surface area contributed by atoms with Crippen molar-refractivity contribution in [2.24, 2.45) is 0 Å². The van der Waals surface area contributed by atoms with Crippen LogP contribution in [0.25, 0.3) is 0 Å². The standard InChI is InChI=1S/C13H17NO4/c1-2-17-11-5-3-4-9(12(11)15)8-14-10-6-7-18-13(10)16/h3-5,10,14-15H,2,6-8H2,1H3. The molecule has 0 aliphatic carbocycles. The van der Waals surface area contributed by atoms with Crippen molar-refractivity contribution in [3.8, 4) is 11.5 Å². The number of ether oxygens (including phenoxy) is 2. The summed E-state index contributed by atoms with van der Waals surface area (Å²) in [5.41, 5.74) is 0.709. The van der Waals surface area contributed by atoms with E-state index in [4.69, 9.17) is 9.47 Å². The summed E-state index contributed by atoms with van der Waals surface area (Å²) in [5, 5.41) is 13.0. The van der Waals surface area contributed by atoms with E-state index in [0.717, 1.165) is 0 Å². The number of hydrogen-bond acceptors (Lipinski definition) is 5. The van der Waals surface area contributed by atoms with Gasteiger partial charge in [0.25, 0.3) is 0 Å². The number of phenols is 1. The lowest BCUT2D eigenvalue weighted by atomic mass is 10.1. The van der Waals surface area contributed by atoms with Gasteiger partial charge in [0.15, 0.2) is 11.5 Å². The molecule has 1 aromatic rings. The van der Waals surface area contributed by atoms with E-state index in [1.54, 1.807) is 12.1 Å². The molecule has 1 unspecified atom stereocenters. The maximum absolute atomic E-state index is 11.3. The summed E-state index contributed by atoms with van der Waals surface area (Å²) in [5.74, 6) is 0.361. The van der Waals surface area contributed by atoms with Gasteiger partial charge in [0, 0.05) is 18.5 Å². The highest BCUT2D eigenvalue weighted by molar-refractivity contribution is 5.77. The summed E-state index contributed by atoms with van der Waals surface area (Å²) in [6.45, 7) is 3.23. The summed E-state index contributed by atoms with van der Waals surface area (Å²) < 4.78 is 10.2. The van der Waals surface area contributed by atoms with Crippen molar-refractivity contribution in [2.75, 3.05) is 13.2 Å². The lowest BCUT2D eigenvalue weighted by Crippen LogP contribution is -2.32. The van der Waals surface area contributed by atoms with Crippen molar-refractivity contribution in [2.45, 2.75) is 25.9 Å². The zero-order valence-electron chi connectivity index (χ0n) is 10.3. The molecule has 2 N–H and O–H groups in total. The first-order valence-corrected chi connectivity index (χ1v) is 6.06. The van der Waals surface area contributed by atoms with E-state index in [0.29, 0.717) is 37.5 Å². The first-order chi connectivity index (χ1) is 8.72. The van der Waals surface area contributed by atoms with E-state index in [2.05, 4.69) is 5.32 Å². The summed E-state index contributed by atoms with van der Waals surface area (Å²) in [4.78, 5) is 11.3. The molecule has 2 rings (SSSR count). The molecule has 1 fully saturated rings. The van der Waals surface area contributed by atoms with Crippen LogP contribution in [0.4, 0.5) is 0 Å². The number of carbonyl (C=O) groups excluding carboxylic acids is 1. The Balaban J connectivity index is 2.00. The predicted octanol–water partition coefficient (Wildman–Crippen LogP) is 1.20. The fraction of sp³-hybridized carbons (Fsp3) is 0.462. The Morgan fingerprint density at radius 1 is 1.56 bits per heavy atom. The SMILES string of the molecule is CCOc1cccc(CNC2CCOC2=O)c1O. The normalized spacial score (nSPS) is 18.7. The van der Waals surface area contributed by atoms with Crippen molar-refractivity contribution in [1.29, 1.82) is 0 Å². The van der Waals surface area contributed by atoms with Crippen LogP contribution in [-0.4, -0.2) is 30.3 Å². The van der Waals surface area contributed by atoms with Gasteiger partial charge < -0.3 is 19.9 Å². The number of benzene rings is 1. The minimum absolute atomic E-state index is 0.123. The first-order valence-electron chi connectivity index (χ1n) is 6.06. The fourth-order valence-electron chi connectivity index (χ4n) is 1.90. The van der Waals surface area contributed by atoms with Gasteiger partial charge in [0.2, 0.25) is 0 Å². The van der Waals surface area contributed by atoms with E-state index >= 15 is 0 Å². The van der Waals surface area contributed by atoms with Crippen LogP contribution < -0.4 is 10.1 Å². The van der Waals surface area contributed by atoms with Crippen molar-refractivity contribution >= 4 is 5.97 Å². The van der Waals surface area contributed by atoms with Crippen LogP contribution in [0.15, 0.2) is 18.2 Å². The van der Waals surface area contributed by atoms with Gasteiger partial charge in [0.05, 0.1) is 13.2 Å². The molecule has 1 atom stereocenters. The average molecular weight is 251 g/mol. The summed E-state index contributed by atoms with van der Waals surface area (Å²) in [6, 6.07) is 5.05. The number of cyclic esters (lactones) is 1. The molecule has 1 aliphatic heterocycles. The molecule has 18 heavy (non-hydrogen) atoms. The third-order valence-electron chi connectivity index (χ3n) is 2.86. The maximum atomic E-state index is 11.3. The van der Waals surface area contributed by atoms with E-state index in [1.165, 1.54) is 0 Å². The molecule has 98 valence electrons. The van der Waals surface area contributed by atoms with E-state index in [-0.39, 0.29) is 17.8 Å². The number of nitrogens with one attached hydrogen (secondary N) is 1. The molecule has 0 radical (unpaired) electrons. The Kier molecular flexibility index (Phi) is 4.04. The molecule has 0 bridgehead atoms. The number of phenolic OH excluding ortho intramolecular Hbond substituents is 1. The van der Waals surface area contributed by atoms with Gasteiger partial charge in [-0.3, -0.25) is 4.79 Å².